The van der Waals surface area contributed by atoms with Crippen molar-refractivity contribution < 1.29 is 13.7 Å². The van der Waals surface area contributed by atoms with Crippen LogP contribution in [-0.4, -0.2) is 18.3 Å². The third kappa shape index (κ3) is 2.11. The molecule has 0 saturated carbocycles. The first-order valence-corrected chi connectivity index (χ1v) is 6.04. The van der Waals surface area contributed by atoms with Crippen LogP contribution < -0.4 is 5.46 Å². The Morgan fingerprint density at radius 1 is 1.17 bits per heavy atom. The summed E-state index contributed by atoms with van der Waals surface area (Å²) in [6.45, 7) is 11.6. The molecule has 0 bridgehead atoms. The largest absolute Gasteiger partial charge is 0.494 e. The Kier molecular flexibility index (Phi) is 3.12. The number of halogens is 1. The highest BCUT2D eigenvalue weighted by Gasteiger charge is 2.51. The van der Waals surface area contributed by atoms with Gasteiger partial charge >= 0.3 is 7.12 Å². The van der Waals surface area contributed by atoms with Gasteiger partial charge in [-0.3, -0.25) is 0 Å². The quantitative estimate of drug-likeness (QED) is 0.749. The van der Waals surface area contributed by atoms with E-state index < -0.39 is 7.12 Å². The fourth-order valence-corrected chi connectivity index (χ4v) is 1.84. The molecule has 0 spiro atoms. The van der Waals surface area contributed by atoms with E-state index in [1.54, 1.807) is 12.1 Å². The van der Waals surface area contributed by atoms with E-state index in [9.17, 15) is 4.39 Å². The number of rotatable bonds is 2. The Bertz CT molecular complexity index is 467. The Morgan fingerprint density at radius 3 is 2.22 bits per heavy atom. The molecule has 0 aromatic heterocycles. The third-order valence-corrected chi connectivity index (χ3v) is 3.77. The number of hydrogen-bond donors (Lipinski definition) is 0. The molecule has 0 N–H and O–H groups in total. The normalized spacial score (nSPS) is 21.1. The van der Waals surface area contributed by atoms with Crippen molar-refractivity contribution in [3.63, 3.8) is 0 Å². The molecule has 2 rings (SSSR count). The molecule has 0 amide bonds. The van der Waals surface area contributed by atoms with Gasteiger partial charge in [-0.25, -0.2) is 4.39 Å². The van der Waals surface area contributed by atoms with Gasteiger partial charge in [0, 0.05) is 5.56 Å². The van der Waals surface area contributed by atoms with Crippen molar-refractivity contribution in [2.45, 2.75) is 38.9 Å². The van der Waals surface area contributed by atoms with Crippen LogP contribution in [0.4, 0.5) is 4.39 Å². The lowest BCUT2D eigenvalue weighted by molar-refractivity contribution is 0.00578. The Morgan fingerprint density at radius 2 is 1.72 bits per heavy atom. The van der Waals surface area contributed by atoms with Crippen LogP contribution in [0.25, 0.3) is 6.08 Å². The summed E-state index contributed by atoms with van der Waals surface area (Å²) in [5.74, 6) is -0.287. The maximum atomic E-state index is 13.4. The first kappa shape index (κ1) is 13.3. The smallest absolute Gasteiger partial charge is 0.399 e. The maximum absolute atomic E-state index is 13.4. The van der Waals surface area contributed by atoms with Gasteiger partial charge in [0.1, 0.15) is 5.82 Å². The van der Waals surface area contributed by atoms with E-state index >= 15 is 0 Å². The summed E-state index contributed by atoms with van der Waals surface area (Å²) in [5.41, 5.74) is 0.494. The molecule has 0 atom stereocenters. The summed E-state index contributed by atoms with van der Waals surface area (Å²) < 4.78 is 25.2. The van der Waals surface area contributed by atoms with Gasteiger partial charge in [-0.05, 0) is 39.2 Å². The van der Waals surface area contributed by atoms with Crippen molar-refractivity contribution >= 4 is 18.7 Å². The van der Waals surface area contributed by atoms with Crippen molar-refractivity contribution in [1.82, 2.24) is 0 Å². The SMILES string of the molecule is C=Cc1cc(B2OC(C)(C)C(C)(C)O2)ccc1F. The third-order valence-electron chi connectivity index (χ3n) is 3.77. The zero-order valence-electron chi connectivity index (χ0n) is 11.3. The van der Waals surface area contributed by atoms with Crippen LogP contribution in [0.3, 0.4) is 0 Å². The molecule has 0 radical (unpaired) electrons. The van der Waals surface area contributed by atoms with Gasteiger partial charge < -0.3 is 9.31 Å². The monoisotopic (exact) mass is 248 g/mol. The van der Waals surface area contributed by atoms with E-state index in [-0.39, 0.29) is 17.0 Å². The second kappa shape index (κ2) is 4.21. The average molecular weight is 248 g/mol. The van der Waals surface area contributed by atoms with Crippen LogP contribution in [0.2, 0.25) is 0 Å². The van der Waals surface area contributed by atoms with Crippen molar-refractivity contribution in [2.75, 3.05) is 0 Å². The van der Waals surface area contributed by atoms with E-state index in [2.05, 4.69) is 6.58 Å². The number of benzene rings is 1. The van der Waals surface area contributed by atoms with E-state index in [0.29, 0.717) is 5.56 Å². The molecule has 1 aromatic carbocycles. The summed E-state index contributed by atoms with van der Waals surface area (Å²) >= 11 is 0. The topological polar surface area (TPSA) is 18.5 Å². The molecule has 1 aromatic rings. The molecule has 1 fully saturated rings. The van der Waals surface area contributed by atoms with Gasteiger partial charge in [0.15, 0.2) is 0 Å². The highest BCUT2D eigenvalue weighted by Crippen LogP contribution is 2.36. The summed E-state index contributed by atoms with van der Waals surface area (Å²) in [6, 6.07) is 4.81. The van der Waals surface area contributed by atoms with E-state index in [1.165, 1.54) is 12.1 Å². The summed E-state index contributed by atoms with van der Waals surface area (Å²) in [5, 5.41) is 0. The molecule has 18 heavy (non-hydrogen) atoms. The van der Waals surface area contributed by atoms with E-state index in [0.717, 1.165) is 5.46 Å². The van der Waals surface area contributed by atoms with Crippen LogP contribution in [0.15, 0.2) is 24.8 Å². The Balaban J connectivity index is 2.32. The first-order valence-electron chi connectivity index (χ1n) is 6.04. The van der Waals surface area contributed by atoms with Gasteiger partial charge in [-0.15, -0.1) is 0 Å². The molecule has 1 aliphatic heterocycles. The maximum Gasteiger partial charge on any atom is 0.494 e. The minimum absolute atomic E-state index is 0.287. The number of hydrogen-bond acceptors (Lipinski definition) is 2. The van der Waals surface area contributed by atoms with E-state index in [1.807, 2.05) is 27.7 Å². The fourth-order valence-electron chi connectivity index (χ4n) is 1.84. The van der Waals surface area contributed by atoms with Gasteiger partial charge in [-0.1, -0.05) is 24.8 Å². The van der Waals surface area contributed by atoms with Gasteiger partial charge in [0.05, 0.1) is 11.2 Å². The minimum Gasteiger partial charge on any atom is -0.399 e. The standard InChI is InChI=1S/C14H18BFO2/c1-6-10-9-11(7-8-12(10)16)15-17-13(2,3)14(4,5)18-15/h6-9H,1H2,2-5H3. The molecule has 1 heterocycles. The zero-order chi connectivity index (χ0) is 13.6. The molecule has 1 saturated heterocycles. The Labute approximate surface area is 108 Å². The first-order chi connectivity index (χ1) is 8.27. The predicted molar refractivity (Wildman–Crippen MR) is 72.2 cm³/mol. The lowest BCUT2D eigenvalue weighted by atomic mass is 9.78. The molecular formula is C14H18BFO2. The average Bonchev–Trinajstić information content (AvgIpc) is 2.49. The molecule has 4 heteroatoms. The van der Waals surface area contributed by atoms with Gasteiger partial charge in [0.2, 0.25) is 0 Å². The van der Waals surface area contributed by atoms with Gasteiger partial charge in [-0.2, -0.15) is 0 Å². The molecule has 0 unspecified atom stereocenters. The van der Waals surface area contributed by atoms with Crippen molar-refractivity contribution in [2.24, 2.45) is 0 Å². The summed E-state index contributed by atoms with van der Waals surface area (Å²) in [4.78, 5) is 0. The highest BCUT2D eigenvalue weighted by atomic mass is 19.1. The molecule has 1 aliphatic rings. The van der Waals surface area contributed by atoms with Crippen LogP contribution in [0, 0.1) is 5.82 Å². The van der Waals surface area contributed by atoms with E-state index in [4.69, 9.17) is 9.31 Å². The predicted octanol–water partition coefficient (Wildman–Crippen LogP) is 2.77. The fraction of sp³-hybridized carbons (Fsp3) is 0.429. The van der Waals surface area contributed by atoms with Crippen LogP contribution in [0.5, 0.6) is 0 Å². The van der Waals surface area contributed by atoms with Crippen LogP contribution >= 0.6 is 0 Å². The van der Waals surface area contributed by atoms with Crippen molar-refractivity contribution in [3.05, 3.63) is 36.2 Å². The summed E-state index contributed by atoms with van der Waals surface area (Å²) in [6.07, 6.45) is 1.49. The second-order valence-corrected chi connectivity index (χ2v) is 5.57. The molecular weight excluding hydrogens is 230 g/mol. The van der Waals surface area contributed by atoms with Crippen LogP contribution in [0.1, 0.15) is 33.3 Å². The molecule has 96 valence electrons. The van der Waals surface area contributed by atoms with Crippen molar-refractivity contribution in [3.8, 4) is 0 Å². The minimum atomic E-state index is -0.464. The van der Waals surface area contributed by atoms with Crippen LogP contribution in [-0.2, 0) is 9.31 Å². The zero-order valence-corrected chi connectivity index (χ0v) is 11.3. The van der Waals surface area contributed by atoms with Gasteiger partial charge in [0.25, 0.3) is 0 Å². The molecule has 2 nitrogen and oxygen atoms in total. The lowest BCUT2D eigenvalue weighted by Gasteiger charge is -2.32. The van der Waals surface area contributed by atoms with Crippen molar-refractivity contribution in [1.29, 1.82) is 0 Å². The second-order valence-electron chi connectivity index (χ2n) is 5.57. The molecule has 0 aliphatic carbocycles. The highest BCUT2D eigenvalue weighted by molar-refractivity contribution is 6.62. The Hall–Kier alpha value is -1.13. The lowest BCUT2D eigenvalue weighted by Crippen LogP contribution is -2.41. The summed E-state index contributed by atoms with van der Waals surface area (Å²) in [7, 11) is -0.464.